The number of carbonyl (C=O) groups excluding carboxylic acids is 1. The number of nitrogens with zero attached hydrogens (tertiary/aromatic N) is 2. The first-order valence-electron chi connectivity index (χ1n) is 7.43. The van der Waals surface area contributed by atoms with Crippen molar-refractivity contribution in [2.24, 2.45) is 5.92 Å². The Morgan fingerprint density at radius 1 is 1.30 bits per heavy atom. The van der Waals surface area contributed by atoms with E-state index in [0.29, 0.717) is 5.95 Å². The largest absolute Gasteiger partial charge is 0.310 e. The van der Waals surface area contributed by atoms with E-state index in [0.717, 1.165) is 36.8 Å². The van der Waals surface area contributed by atoms with Crippen LogP contribution in [-0.2, 0) is 11.3 Å². The fourth-order valence-electron chi connectivity index (χ4n) is 2.42. The molecule has 0 fully saturated rings. The Labute approximate surface area is 120 Å². The van der Waals surface area contributed by atoms with Crippen LogP contribution in [0.15, 0.2) is 24.3 Å². The number of hydrogen-bond donors (Lipinski definition) is 1. The number of amides is 1. The van der Waals surface area contributed by atoms with Gasteiger partial charge in [0.2, 0.25) is 11.9 Å². The van der Waals surface area contributed by atoms with E-state index >= 15 is 0 Å². The van der Waals surface area contributed by atoms with Gasteiger partial charge >= 0.3 is 0 Å². The van der Waals surface area contributed by atoms with Crippen molar-refractivity contribution in [1.82, 2.24) is 9.55 Å². The molecule has 0 spiro atoms. The molecule has 4 heteroatoms. The van der Waals surface area contributed by atoms with E-state index in [2.05, 4.69) is 28.7 Å². The molecule has 0 aliphatic carbocycles. The molecule has 0 radical (unpaired) electrons. The number of aryl methyl sites for hydroxylation is 1. The molecule has 2 rings (SSSR count). The zero-order chi connectivity index (χ0) is 14.5. The van der Waals surface area contributed by atoms with E-state index in [1.807, 2.05) is 31.2 Å². The van der Waals surface area contributed by atoms with Crippen molar-refractivity contribution >= 4 is 22.9 Å². The van der Waals surface area contributed by atoms with Gasteiger partial charge in [-0.25, -0.2) is 4.98 Å². The Morgan fingerprint density at radius 3 is 2.75 bits per heavy atom. The second-order valence-electron chi connectivity index (χ2n) is 5.25. The third kappa shape index (κ3) is 3.00. The molecular weight excluding hydrogens is 250 g/mol. The van der Waals surface area contributed by atoms with Gasteiger partial charge in [0.15, 0.2) is 0 Å². The molecule has 1 atom stereocenters. The lowest BCUT2D eigenvalue weighted by Crippen LogP contribution is -2.22. The van der Waals surface area contributed by atoms with Crippen molar-refractivity contribution in [2.75, 3.05) is 5.32 Å². The molecule has 2 aromatic rings. The number of carbonyl (C=O) groups is 1. The van der Waals surface area contributed by atoms with Gasteiger partial charge in [-0.3, -0.25) is 10.1 Å². The van der Waals surface area contributed by atoms with Crippen LogP contribution in [0.2, 0.25) is 0 Å². The number of imidazole rings is 1. The minimum absolute atomic E-state index is 0.0230. The number of fused-ring (bicyclic) bond motifs is 1. The van der Waals surface area contributed by atoms with E-state index in [-0.39, 0.29) is 11.8 Å². The van der Waals surface area contributed by atoms with Gasteiger partial charge in [-0.15, -0.1) is 0 Å². The molecule has 20 heavy (non-hydrogen) atoms. The number of aromatic nitrogens is 2. The van der Waals surface area contributed by atoms with Crippen LogP contribution >= 0.6 is 0 Å². The summed E-state index contributed by atoms with van der Waals surface area (Å²) in [6, 6.07) is 7.99. The summed E-state index contributed by atoms with van der Waals surface area (Å²) in [4.78, 5) is 16.7. The molecule has 4 nitrogen and oxygen atoms in total. The number of para-hydroxylation sites is 2. The molecule has 0 bridgehead atoms. The number of anilines is 1. The molecule has 1 aromatic carbocycles. The second-order valence-corrected chi connectivity index (χ2v) is 5.25. The monoisotopic (exact) mass is 273 g/mol. The Balaban J connectivity index is 2.28. The van der Waals surface area contributed by atoms with Gasteiger partial charge in [-0.05, 0) is 25.0 Å². The van der Waals surface area contributed by atoms with Crippen molar-refractivity contribution in [1.29, 1.82) is 0 Å². The summed E-state index contributed by atoms with van der Waals surface area (Å²) in [6.45, 7) is 7.04. The quantitative estimate of drug-likeness (QED) is 0.869. The van der Waals surface area contributed by atoms with E-state index < -0.39 is 0 Å². The average Bonchev–Trinajstić information content (AvgIpc) is 2.78. The molecule has 0 saturated carbocycles. The molecule has 1 N–H and O–H groups in total. The predicted molar refractivity (Wildman–Crippen MR) is 82.7 cm³/mol. The van der Waals surface area contributed by atoms with Crippen LogP contribution < -0.4 is 5.32 Å². The summed E-state index contributed by atoms with van der Waals surface area (Å²) in [5.74, 6) is 0.746. The lowest BCUT2D eigenvalue weighted by molar-refractivity contribution is -0.119. The lowest BCUT2D eigenvalue weighted by atomic mass is 10.1. The van der Waals surface area contributed by atoms with E-state index in [4.69, 9.17) is 0 Å². The number of nitrogens with one attached hydrogen (secondary N) is 1. The highest BCUT2D eigenvalue weighted by Crippen LogP contribution is 2.21. The summed E-state index contributed by atoms with van der Waals surface area (Å²) >= 11 is 0. The molecule has 0 aliphatic heterocycles. The molecule has 1 aromatic heterocycles. The third-order valence-electron chi connectivity index (χ3n) is 3.51. The van der Waals surface area contributed by atoms with Crippen LogP contribution in [0.25, 0.3) is 11.0 Å². The molecule has 108 valence electrons. The predicted octanol–water partition coefficient (Wildman–Crippen LogP) is 3.82. The Kier molecular flexibility index (Phi) is 4.77. The lowest BCUT2D eigenvalue weighted by Gasteiger charge is -2.12. The van der Waals surface area contributed by atoms with Crippen LogP contribution in [0.4, 0.5) is 5.95 Å². The normalized spacial score (nSPS) is 12.6. The Bertz CT molecular complexity index is 588. The zero-order valence-corrected chi connectivity index (χ0v) is 12.5. The van der Waals surface area contributed by atoms with Crippen LogP contribution in [0.5, 0.6) is 0 Å². The second kappa shape index (κ2) is 6.55. The van der Waals surface area contributed by atoms with Crippen LogP contribution in [0, 0.1) is 5.92 Å². The standard InChI is InChI=1S/C16H23N3O/c1-4-8-12(3)15(20)18-16-17-13-9-6-7-10-14(13)19(16)11-5-2/h6-7,9-10,12H,4-5,8,11H2,1-3H3,(H,17,18,20). The number of benzene rings is 1. The minimum atomic E-state index is 0.0230. The summed E-state index contributed by atoms with van der Waals surface area (Å²) in [6.07, 6.45) is 2.92. The topological polar surface area (TPSA) is 46.9 Å². The molecule has 1 amide bonds. The Hall–Kier alpha value is -1.84. The van der Waals surface area contributed by atoms with Crippen LogP contribution in [0.1, 0.15) is 40.0 Å². The maximum Gasteiger partial charge on any atom is 0.229 e. The number of hydrogen-bond acceptors (Lipinski definition) is 2. The average molecular weight is 273 g/mol. The zero-order valence-electron chi connectivity index (χ0n) is 12.5. The van der Waals surface area contributed by atoms with Crippen molar-refractivity contribution in [3.63, 3.8) is 0 Å². The highest BCUT2D eigenvalue weighted by molar-refractivity contribution is 5.92. The Morgan fingerprint density at radius 2 is 2.05 bits per heavy atom. The first kappa shape index (κ1) is 14.6. The maximum atomic E-state index is 12.2. The van der Waals surface area contributed by atoms with Gasteiger partial charge in [-0.2, -0.15) is 0 Å². The van der Waals surface area contributed by atoms with Gasteiger partial charge in [0, 0.05) is 12.5 Å². The van der Waals surface area contributed by atoms with Crippen molar-refractivity contribution < 1.29 is 4.79 Å². The fraction of sp³-hybridized carbons (Fsp3) is 0.500. The van der Waals surface area contributed by atoms with Crippen molar-refractivity contribution in [3.05, 3.63) is 24.3 Å². The van der Waals surface area contributed by atoms with E-state index in [1.165, 1.54) is 0 Å². The van der Waals surface area contributed by atoms with Gasteiger partial charge in [0.25, 0.3) is 0 Å². The smallest absolute Gasteiger partial charge is 0.229 e. The van der Waals surface area contributed by atoms with Gasteiger partial charge in [-0.1, -0.05) is 39.3 Å². The highest BCUT2D eigenvalue weighted by atomic mass is 16.2. The molecule has 1 unspecified atom stereocenters. The fourth-order valence-corrected chi connectivity index (χ4v) is 2.42. The maximum absolute atomic E-state index is 12.2. The van der Waals surface area contributed by atoms with E-state index in [9.17, 15) is 4.79 Å². The molecule has 1 heterocycles. The van der Waals surface area contributed by atoms with Gasteiger partial charge in [0.05, 0.1) is 11.0 Å². The minimum Gasteiger partial charge on any atom is -0.310 e. The van der Waals surface area contributed by atoms with E-state index in [1.54, 1.807) is 0 Å². The summed E-state index contributed by atoms with van der Waals surface area (Å²) < 4.78 is 2.09. The van der Waals surface area contributed by atoms with Gasteiger partial charge < -0.3 is 4.57 Å². The number of rotatable bonds is 6. The third-order valence-corrected chi connectivity index (χ3v) is 3.51. The van der Waals surface area contributed by atoms with Crippen molar-refractivity contribution in [3.8, 4) is 0 Å². The first-order valence-corrected chi connectivity index (χ1v) is 7.43. The molecule has 0 aliphatic rings. The molecule has 0 saturated heterocycles. The molecular formula is C16H23N3O. The highest BCUT2D eigenvalue weighted by Gasteiger charge is 2.16. The summed E-state index contributed by atoms with van der Waals surface area (Å²) in [7, 11) is 0. The summed E-state index contributed by atoms with van der Waals surface area (Å²) in [5.41, 5.74) is 2.01. The van der Waals surface area contributed by atoms with Crippen LogP contribution in [0.3, 0.4) is 0 Å². The van der Waals surface area contributed by atoms with Crippen LogP contribution in [-0.4, -0.2) is 15.5 Å². The van der Waals surface area contributed by atoms with Crippen molar-refractivity contribution in [2.45, 2.75) is 46.6 Å². The SMILES string of the molecule is CCCC(C)C(=O)Nc1nc2ccccc2n1CCC. The first-order chi connectivity index (χ1) is 9.67. The summed E-state index contributed by atoms with van der Waals surface area (Å²) in [5, 5.41) is 2.98. The van der Waals surface area contributed by atoms with Gasteiger partial charge in [0.1, 0.15) is 0 Å².